The first-order chi connectivity index (χ1) is 8.60. The number of aryl methyl sites for hydroxylation is 2. The summed E-state index contributed by atoms with van der Waals surface area (Å²) in [6.07, 6.45) is 1.69. The number of ether oxygens (including phenoxy) is 1. The van der Waals surface area contributed by atoms with Gasteiger partial charge in [0.15, 0.2) is 0 Å². The van der Waals surface area contributed by atoms with Gasteiger partial charge in [0.1, 0.15) is 5.75 Å². The number of hydrogen-bond donors (Lipinski definition) is 0. The molecule has 1 aromatic carbocycles. The highest BCUT2D eigenvalue weighted by molar-refractivity contribution is 9.10. The van der Waals surface area contributed by atoms with Crippen molar-refractivity contribution in [1.29, 1.82) is 0 Å². The molecule has 18 heavy (non-hydrogen) atoms. The van der Waals surface area contributed by atoms with Gasteiger partial charge in [0.05, 0.1) is 5.88 Å². The average Bonchev–Trinajstić information content (AvgIpc) is 2.33. The van der Waals surface area contributed by atoms with Crippen molar-refractivity contribution in [1.82, 2.24) is 9.97 Å². The Hall–Kier alpha value is -1.13. The maximum Gasteiger partial charge on any atom is 0.322 e. The van der Waals surface area contributed by atoms with E-state index >= 15 is 0 Å². The van der Waals surface area contributed by atoms with Gasteiger partial charge in [-0.1, -0.05) is 15.9 Å². The Kier molecular flexibility index (Phi) is 4.19. The van der Waals surface area contributed by atoms with E-state index in [4.69, 9.17) is 16.3 Å². The van der Waals surface area contributed by atoms with Crippen molar-refractivity contribution in [2.24, 2.45) is 0 Å². The van der Waals surface area contributed by atoms with Gasteiger partial charge >= 0.3 is 6.01 Å². The number of benzene rings is 1. The van der Waals surface area contributed by atoms with Crippen molar-refractivity contribution in [2.45, 2.75) is 19.7 Å². The van der Waals surface area contributed by atoms with Crippen LogP contribution < -0.4 is 4.74 Å². The second kappa shape index (κ2) is 5.67. The van der Waals surface area contributed by atoms with Crippen LogP contribution >= 0.6 is 27.5 Å². The highest BCUT2D eigenvalue weighted by Crippen LogP contribution is 2.25. The molecule has 2 rings (SSSR count). The van der Waals surface area contributed by atoms with Crippen LogP contribution in [0.3, 0.4) is 0 Å². The monoisotopic (exact) mass is 326 g/mol. The Bertz CT molecular complexity index is 575. The number of alkyl halides is 1. The predicted octanol–water partition coefficient (Wildman–Crippen LogP) is 4.39. The molecular formula is C13H12BrClN2O. The maximum atomic E-state index is 5.76. The highest BCUT2D eigenvalue weighted by atomic mass is 79.9. The summed E-state index contributed by atoms with van der Waals surface area (Å²) < 4.78 is 6.67. The van der Waals surface area contributed by atoms with Crippen LogP contribution in [0.5, 0.6) is 11.8 Å². The van der Waals surface area contributed by atoms with Crippen molar-refractivity contribution in [3.63, 3.8) is 0 Å². The fraction of sp³-hybridized carbons (Fsp3) is 0.231. The minimum absolute atomic E-state index is 0.340. The molecule has 94 valence electrons. The second-order valence-corrected chi connectivity index (χ2v) is 5.09. The van der Waals surface area contributed by atoms with E-state index in [-0.39, 0.29) is 0 Å². The van der Waals surface area contributed by atoms with Crippen LogP contribution in [0.4, 0.5) is 0 Å². The molecule has 0 aliphatic carbocycles. The molecule has 0 unspecified atom stereocenters. The molecule has 0 saturated heterocycles. The number of nitrogens with zero attached hydrogens (tertiary/aromatic N) is 2. The third kappa shape index (κ3) is 3.00. The lowest BCUT2D eigenvalue weighted by Gasteiger charge is -2.08. The minimum Gasteiger partial charge on any atom is -0.424 e. The van der Waals surface area contributed by atoms with Crippen molar-refractivity contribution in [2.75, 3.05) is 0 Å². The first-order valence-electron chi connectivity index (χ1n) is 5.42. The summed E-state index contributed by atoms with van der Waals surface area (Å²) in [5.41, 5.74) is 2.77. The second-order valence-electron chi connectivity index (χ2n) is 3.91. The Morgan fingerprint density at radius 3 is 2.72 bits per heavy atom. The van der Waals surface area contributed by atoms with Gasteiger partial charge in [-0.3, -0.25) is 0 Å². The van der Waals surface area contributed by atoms with Crippen molar-refractivity contribution < 1.29 is 4.74 Å². The molecular weight excluding hydrogens is 316 g/mol. The Morgan fingerprint density at radius 2 is 2.11 bits per heavy atom. The molecule has 3 nitrogen and oxygen atoms in total. The van der Waals surface area contributed by atoms with Gasteiger partial charge in [-0.2, -0.15) is 4.98 Å². The number of halogens is 2. The Balaban J connectivity index is 2.26. The van der Waals surface area contributed by atoms with E-state index in [1.54, 1.807) is 6.20 Å². The van der Waals surface area contributed by atoms with Gasteiger partial charge in [0, 0.05) is 21.9 Å². The van der Waals surface area contributed by atoms with E-state index in [2.05, 4.69) is 25.9 Å². The standard InChI is InChI=1S/C13H12BrClN2O/c1-8-5-11(14)3-4-12(8)18-13-16-7-10(6-15)9(2)17-13/h3-5,7H,6H2,1-2H3. The fourth-order valence-corrected chi connectivity index (χ4v) is 2.21. The number of hydrogen-bond acceptors (Lipinski definition) is 3. The summed E-state index contributed by atoms with van der Waals surface area (Å²) >= 11 is 9.17. The summed E-state index contributed by atoms with van der Waals surface area (Å²) in [6, 6.07) is 6.12. The van der Waals surface area contributed by atoms with Crippen LogP contribution in [0.1, 0.15) is 16.8 Å². The fourth-order valence-electron chi connectivity index (χ4n) is 1.48. The average molecular weight is 328 g/mol. The molecule has 0 fully saturated rings. The summed E-state index contributed by atoms with van der Waals surface area (Å²) in [5.74, 6) is 1.15. The molecule has 5 heteroatoms. The van der Waals surface area contributed by atoms with Crippen LogP contribution in [0, 0.1) is 13.8 Å². The molecule has 0 bridgehead atoms. The molecule has 0 amide bonds. The molecule has 0 spiro atoms. The van der Waals surface area contributed by atoms with Crippen molar-refractivity contribution in [3.8, 4) is 11.8 Å². The molecule has 0 N–H and O–H groups in total. The Morgan fingerprint density at radius 1 is 1.33 bits per heavy atom. The maximum absolute atomic E-state index is 5.76. The van der Waals surface area contributed by atoms with Gasteiger partial charge in [0.2, 0.25) is 0 Å². The lowest BCUT2D eigenvalue weighted by molar-refractivity contribution is 0.436. The quantitative estimate of drug-likeness (QED) is 0.784. The molecule has 0 aliphatic rings. The summed E-state index contributed by atoms with van der Waals surface area (Å²) in [7, 11) is 0. The van der Waals surface area contributed by atoms with E-state index in [1.807, 2.05) is 32.0 Å². The summed E-state index contributed by atoms with van der Waals surface area (Å²) in [5, 5.41) is 0. The molecule has 0 atom stereocenters. The Labute approximate surface area is 119 Å². The van der Waals surface area contributed by atoms with Crippen LogP contribution in [0.25, 0.3) is 0 Å². The van der Waals surface area contributed by atoms with Gasteiger partial charge in [0.25, 0.3) is 0 Å². The SMILES string of the molecule is Cc1cc(Br)ccc1Oc1ncc(CCl)c(C)n1. The molecule has 1 aromatic heterocycles. The zero-order valence-corrected chi connectivity index (χ0v) is 12.4. The first kappa shape index (κ1) is 13.3. The highest BCUT2D eigenvalue weighted by Gasteiger charge is 2.06. The molecule has 0 saturated carbocycles. The van der Waals surface area contributed by atoms with E-state index in [0.29, 0.717) is 11.9 Å². The van der Waals surface area contributed by atoms with E-state index < -0.39 is 0 Å². The van der Waals surface area contributed by atoms with E-state index in [0.717, 1.165) is 27.0 Å². The summed E-state index contributed by atoms with van der Waals surface area (Å²) in [6.45, 7) is 3.86. The third-order valence-electron chi connectivity index (χ3n) is 2.54. The lowest BCUT2D eigenvalue weighted by Crippen LogP contribution is -1.98. The molecule has 1 heterocycles. The lowest BCUT2D eigenvalue weighted by atomic mass is 10.2. The zero-order valence-electron chi connectivity index (χ0n) is 10.1. The van der Waals surface area contributed by atoms with Crippen LogP contribution in [0.15, 0.2) is 28.9 Å². The van der Waals surface area contributed by atoms with Crippen LogP contribution in [-0.4, -0.2) is 9.97 Å². The van der Waals surface area contributed by atoms with Gasteiger partial charge in [-0.25, -0.2) is 4.98 Å². The number of aromatic nitrogens is 2. The zero-order chi connectivity index (χ0) is 13.1. The van der Waals surface area contributed by atoms with Crippen molar-refractivity contribution in [3.05, 3.63) is 45.7 Å². The summed E-state index contributed by atoms with van der Waals surface area (Å²) in [4.78, 5) is 8.41. The smallest absolute Gasteiger partial charge is 0.322 e. The predicted molar refractivity (Wildman–Crippen MR) is 75.3 cm³/mol. The third-order valence-corrected chi connectivity index (χ3v) is 3.32. The van der Waals surface area contributed by atoms with Crippen LogP contribution in [0.2, 0.25) is 0 Å². The van der Waals surface area contributed by atoms with Gasteiger partial charge < -0.3 is 4.74 Å². The van der Waals surface area contributed by atoms with E-state index in [1.165, 1.54) is 0 Å². The topological polar surface area (TPSA) is 35.0 Å². The molecule has 2 aromatic rings. The van der Waals surface area contributed by atoms with Gasteiger partial charge in [-0.05, 0) is 37.6 Å². The molecule has 0 radical (unpaired) electrons. The first-order valence-corrected chi connectivity index (χ1v) is 6.75. The van der Waals surface area contributed by atoms with Gasteiger partial charge in [-0.15, -0.1) is 11.6 Å². The van der Waals surface area contributed by atoms with E-state index in [9.17, 15) is 0 Å². The normalized spacial score (nSPS) is 10.4. The van der Waals surface area contributed by atoms with Crippen LogP contribution in [-0.2, 0) is 5.88 Å². The number of rotatable bonds is 3. The van der Waals surface area contributed by atoms with Crippen molar-refractivity contribution >= 4 is 27.5 Å². The largest absolute Gasteiger partial charge is 0.424 e. The minimum atomic E-state index is 0.340. The molecule has 0 aliphatic heterocycles.